The number of hydrogen-bond acceptors (Lipinski definition) is 10. The van der Waals surface area contributed by atoms with E-state index in [1.54, 1.807) is 14.2 Å². The summed E-state index contributed by atoms with van der Waals surface area (Å²) in [7, 11) is 3.16. The van der Waals surface area contributed by atoms with Gasteiger partial charge in [0.15, 0.2) is 12.0 Å². The van der Waals surface area contributed by atoms with Gasteiger partial charge in [-0.25, -0.2) is 4.79 Å². The normalized spacial score (nSPS) is 21.4. The monoisotopic (exact) mass is 783 g/mol. The van der Waals surface area contributed by atoms with Crippen molar-refractivity contribution in [2.45, 2.75) is 61.6 Å². The molecule has 0 aliphatic carbocycles. The Morgan fingerprint density at radius 2 is 1.43 bits per heavy atom. The second-order valence-corrected chi connectivity index (χ2v) is 14.4. The van der Waals surface area contributed by atoms with Crippen LogP contribution in [0.15, 0.2) is 125 Å². The van der Waals surface area contributed by atoms with E-state index in [9.17, 15) is 19.8 Å². The molecule has 0 spiro atoms. The topological polar surface area (TPSA) is 145 Å². The lowest BCUT2D eigenvalue weighted by Crippen LogP contribution is -2.55. The molecule has 5 aromatic rings. The molecule has 1 unspecified atom stereocenters. The smallest absolute Gasteiger partial charge is 0.330 e. The third kappa shape index (κ3) is 7.48. The molecule has 13 heteroatoms. The maximum absolute atomic E-state index is 13.4. The number of H-pyrrole nitrogens is 1. The Morgan fingerprint density at radius 1 is 0.857 bits per heavy atom. The summed E-state index contributed by atoms with van der Waals surface area (Å²) < 4.78 is 32.1. The fraction of sp³-hybridized carbons (Fsp3) is 0.349. The molecule has 7 rings (SSSR count). The van der Waals surface area contributed by atoms with Crippen LogP contribution in [0.1, 0.15) is 42.7 Å². The van der Waals surface area contributed by atoms with Crippen molar-refractivity contribution in [1.29, 1.82) is 0 Å². The number of nitrogens with zero attached hydrogens (tertiary/aromatic N) is 2. The lowest BCUT2D eigenvalue weighted by Gasteiger charge is -2.44. The molecule has 12 nitrogen and oxygen atoms in total. The van der Waals surface area contributed by atoms with Crippen molar-refractivity contribution in [3.63, 3.8) is 0 Å². The van der Waals surface area contributed by atoms with Gasteiger partial charge in [-0.2, -0.15) is 0 Å². The Kier molecular flexibility index (Phi) is 11.7. The molecule has 56 heavy (non-hydrogen) atoms. The average molecular weight is 784 g/mol. The summed E-state index contributed by atoms with van der Waals surface area (Å²) in [5, 5.41) is 26.3. The van der Waals surface area contributed by atoms with E-state index in [2.05, 4.69) is 9.88 Å². The standard InChI is InChI=1S/C43H46ClN3O9/c1-4-54-42(23-26-46(27-24-42)32-16-14-31(44)15-17-32)56-38-36(49)37(55-40(38)47-25-22-35(48)45-41(47)51)39(50)43(28-8-6-5-7-9-28,29-10-18-33(52-2)19-11-29)30-12-20-34(53-3)21-13-30/h5-22,25,36-40,49-50H,4,23-24,26-27H2,1-3H3,(H,45,48,51)/t36-,37+,38-,39?,40-/m1/s1. The summed E-state index contributed by atoms with van der Waals surface area (Å²) in [6.45, 7) is 3.30. The van der Waals surface area contributed by atoms with Crippen molar-refractivity contribution in [3.05, 3.63) is 158 Å². The molecule has 1 aromatic heterocycles. The Balaban J connectivity index is 1.33. The van der Waals surface area contributed by atoms with Crippen LogP contribution >= 0.6 is 11.6 Å². The van der Waals surface area contributed by atoms with Crippen LogP contribution in [0, 0.1) is 0 Å². The number of aliphatic hydroxyl groups excluding tert-OH is 2. The highest BCUT2D eigenvalue weighted by Crippen LogP contribution is 2.48. The Labute approximate surface area is 329 Å². The molecule has 3 N–H and O–H groups in total. The van der Waals surface area contributed by atoms with Gasteiger partial charge in [0.05, 0.1) is 19.6 Å². The van der Waals surface area contributed by atoms with Gasteiger partial charge in [-0.3, -0.25) is 14.3 Å². The zero-order valence-corrected chi connectivity index (χ0v) is 32.2. The van der Waals surface area contributed by atoms with E-state index in [1.807, 2.05) is 110 Å². The summed E-state index contributed by atoms with van der Waals surface area (Å²) in [6.07, 6.45) is -4.71. The zero-order chi connectivity index (χ0) is 39.5. The fourth-order valence-corrected chi connectivity index (χ4v) is 8.27. The van der Waals surface area contributed by atoms with Gasteiger partial charge >= 0.3 is 5.69 Å². The van der Waals surface area contributed by atoms with Crippen molar-refractivity contribution in [3.8, 4) is 11.5 Å². The first-order chi connectivity index (χ1) is 27.1. The zero-order valence-electron chi connectivity index (χ0n) is 31.4. The molecule has 0 radical (unpaired) electrons. The van der Waals surface area contributed by atoms with Crippen molar-refractivity contribution in [2.24, 2.45) is 0 Å². The van der Waals surface area contributed by atoms with Gasteiger partial charge in [-0.05, 0) is 72.1 Å². The average Bonchev–Trinajstić information content (AvgIpc) is 3.54. The molecule has 0 saturated carbocycles. The van der Waals surface area contributed by atoms with Gasteiger partial charge in [-0.1, -0.05) is 66.2 Å². The van der Waals surface area contributed by atoms with Crippen molar-refractivity contribution in [2.75, 3.05) is 38.8 Å². The first kappa shape index (κ1) is 39.3. The van der Waals surface area contributed by atoms with E-state index in [1.165, 1.54) is 16.8 Å². The number of halogens is 1. The van der Waals surface area contributed by atoms with Crippen LogP contribution in [0.2, 0.25) is 5.02 Å². The lowest BCUT2D eigenvalue weighted by molar-refractivity contribution is -0.285. The molecule has 3 heterocycles. The van der Waals surface area contributed by atoms with E-state index in [-0.39, 0.29) is 0 Å². The maximum Gasteiger partial charge on any atom is 0.330 e. The number of benzene rings is 4. The van der Waals surface area contributed by atoms with Gasteiger partial charge in [0.2, 0.25) is 0 Å². The summed E-state index contributed by atoms with van der Waals surface area (Å²) >= 11 is 6.16. The molecule has 2 aliphatic heterocycles. The highest BCUT2D eigenvalue weighted by Gasteiger charge is 2.58. The summed E-state index contributed by atoms with van der Waals surface area (Å²) in [5.74, 6) is 0.0526. The van der Waals surface area contributed by atoms with E-state index < -0.39 is 53.1 Å². The van der Waals surface area contributed by atoms with E-state index >= 15 is 0 Å². The summed E-state index contributed by atoms with van der Waals surface area (Å²) in [4.78, 5) is 30.1. The first-order valence-electron chi connectivity index (χ1n) is 18.6. The molecule has 294 valence electrons. The van der Waals surface area contributed by atoms with Crippen molar-refractivity contribution in [1.82, 2.24) is 9.55 Å². The van der Waals surface area contributed by atoms with Gasteiger partial charge < -0.3 is 38.8 Å². The second-order valence-electron chi connectivity index (χ2n) is 14.0. The number of hydrogen-bond donors (Lipinski definition) is 3. The number of aliphatic hydroxyl groups is 2. The van der Waals surface area contributed by atoms with Gasteiger partial charge in [0.25, 0.3) is 5.56 Å². The molecule has 0 bridgehead atoms. The highest BCUT2D eigenvalue weighted by molar-refractivity contribution is 6.30. The van der Waals surface area contributed by atoms with Crippen LogP contribution in [0.4, 0.5) is 5.69 Å². The molecule has 0 amide bonds. The summed E-state index contributed by atoms with van der Waals surface area (Å²) in [6, 6.07) is 33.0. The minimum absolute atomic E-state index is 0.312. The fourth-order valence-electron chi connectivity index (χ4n) is 8.15. The number of aromatic amines is 1. The molecule has 2 saturated heterocycles. The number of nitrogens with one attached hydrogen (secondary N) is 1. The largest absolute Gasteiger partial charge is 0.497 e. The third-order valence-corrected chi connectivity index (χ3v) is 11.2. The number of rotatable bonds is 13. The van der Waals surface area contributed by atoms with Gasteiger partial charge in [-0.15, -0.1) is 0 Å². The van der Waals surface area contributed by atoms with Crippen LogP contribution in [0.3, 0.4) is 0 Å². The van der Waals surface area contributed by atoms with Crippen LogP contribution < -0.4 is 25.6 Å². The van der Waals surface area contributed by atoms with Crippen LogP contribution in [-0.2, 0) is 19.6 Å². The van der Waals surface area contributed by atoms with E-state index in [0.29, 0.717) is 65.8 Å². The second kappa shape index (κ2) is 16.6. The van der Waals surface area contributed by atoms with Crippen LogP contribution in [0.5, 0.6) is 11.5 Å². The van der Waals surface area contributed by atoms with Crippen molar-refractivity contribution < 1.29 is 33.9 Å². The predicted molar refractivity (Wildman–Crippen MR) is 212 cm³/mol. The number of anilines is 1. The molecule has 2 fully saturated rings. The number of ether oxygens (including phenoxy) is 5. The molecular weight excluding hydrogens is 738 g/mol. The maximum atomic E-state index is 13.4. The number of piperidine rings is 1. The van der Waals surface area contributed by atoms with Gasteiger partial charge in [0, 0.05) is 55.5 Å². The minimum atomic E-state index is -1.50. The Hall–Kier alpha value is -4.95. The third-order valence-electron chi connectivity index (χ3n) is 10.9. The molecule has 2 aliphatic rings. The minimum Gasteiger partial charge on any atom is -0.497 e. The number of aromatic nitrogens is 2. The van der Waals surface area contributed by atoms with Crippen LogP contribution in [0.25, 0.3) is 0 Å². The van der Waals surface area contributed by atoms with Crippen LogP contribution in [-0.4, -0.2) is 83.9 Å². The Morgan fingerprint density at radius 3 is 1.96 bits per heavy atom. The highest BCUT2D eigenvalue weighted by atomic mass is 35.5. The predicted octanol–water partition coefficient (Wildman–Crippen LogP) is 5.28. The van der Waals surface area contributed by atoms with E-state index in [0.717, 1.165) is 5.69 Å². The molecule has 4 aromatic carbocycles. The Bertz CT molecular complexity index is 2120. The van der Waals surface area contributed by atoms with Gasteiger partial charge in [0.1, 0.15) is 35.9 Å². The summed E-state index contributed by atoms with van der Waals surface area (Å²) in [5.41, 5.74) is 0.353. The quantitative estimate of drug-likeness (QED) is 0.107. The lowest BCUT2D eigenvalue weighted by atomic mass is 9.64. The SMILES string of the molecule is CCOC1(O[C@@H]2[C@H](O)[C@@H](C(O)C(c3ccccc3)(c3ccc(OC)cc3)c3ccc(OC)cc3)O[C@H]2n2ccc(=O)[nH]c2=O)CCN(c2ccc(Cl)cc2)CC1. The van der Waals surface area contributed by atoms with Crippen molar-refractivity contribution >= 4 is 17.3 Å². The molecular formula is C43H46ClN3O9. The number of methoxy groups -OCH3 is 2. The first-order valence-corrected chi connectivity index (χ1v) is 19.0. The van der Waals surface area contributed by atoms with E-state index in [4.69, 9.17) is 35.3 Å². The molecule has 5 atom stereocenters.